The minimum Gasteiger partial charge on any atom is -0.494 e. The van der Waals surface area contributed by atoms with Gasteiger partial charge < -0.3 is 24.8 Å². The van der Waals surface area contributed by atoms with Crippen molar-refractivity contribution in [2.24, 2.45) is 5.16 Å². The fourth-order valence-corrected chi connectivity index (χ4v) is 4.00. The standard InChI is InChI=1S/C27H29FN6O5/c1-15(2)30-25(35)14-34-8-7-18(10-26(34)36)23-12-21(33-39-23)20-11-22(32-16(3)31-20)27(37)29-13-17-5-6-19(28)24(9-17)38-4/h5-11,15,23H,12-14H2,1-4H3,(H,29,37)(H,30,35). The SMILES string of the molecule is COc1cc(CNC(=O)c2cc(C3=NOC(c4ccn(CC(=O)NC(C)C)c(=O)c4)C3)nc(C)n2)ccc1F. The summed E-state index contributed by atoms with van der Waals surface area (Å²) in [7, 11) is 1.37. The van der Waals surface area contributed by atoms with E-state index in [1.807, 2.05) is 13.8 Å². The van der Waals surface area contributed by atoms with Gasteiger partial charge in [-0.2, -0.15) is 0 Å². The zero-order valence-electron chi connectivity index (χ0n) is 22.0. The normalized spacial score (nSPS) is 14.5. The van der Waals surface area contributed by atoms with E-state index in [0.29, 0.717) is 34.8 Å². The predicted octanol–water partition coefficient (Wildman–Crippen LogP) is 2.41. The maximum absolute atomic E-state index is 13.6. The maximum Gasteiger partial charge on any atom is 0.270 e. The Morgan fingerprint density at radius 1 is 1.21 bits per heavy atom. The largest absolute Gasteiger partial charge is 0.494 e. The summed E-state index contributed by atoms with van der Waals surface area (Å²) in [4.78, 5) is 51.5. The molecule has 2 N–H and O–H groups in total. The number of pyridine rings is 1. The molecule has 0 saturated carbocycles. The third-order valence-corrected chi connectivity index (χ3v) is 5.86. The minimum absolute atomic E-state index is 0.0223. The van der Waals surface area contributed by atoms with Gasteiger partial charge in [0.25, 0.3) is 11.5 Å². The van der Waals surface area contributed by atoms with Gasteiger partial charge in [-0.05, 0) is 50.6 Å². The Kier molecular flexibility index (Phi) is 8.33. The first-order valence-corrected chi connectivity index (χ1v) is 12.3. The number of amides is 2. The Labute approximate surface area is 224 Å². The lowest BCUT2D eigenvalue weighted by atomic mass is 10.0. The Bertz CT molecular complexity index is 1490. The first kappa shape index (κ1) is 27.4. The van der Waals surface area contributed by atoms with Crippen LogP contribution in [-0.4, -0.2) is 45.2 Å². The van der Waals surface area contributed by atoms with E-state index in [9.17, 15) is 18.8 Å². The average molecular weight is 537 g/mol. The van der Waals surface area contributed by atoms with Crippen molar-refractivity contribution in [2.75, 3.05) is 7.11 Å². The highest BCUT2D eigenvalue weighted by Crippen LogP contribution is 2.28. The van der Waals surface area contributed by atoms with E-state index in [4.69, 9.17) is 9.57 Å². The number of carbonyl (C=O) groups is 2. The molecule has 39 heavy (non-hydrogen) atoms. The van der Waals surface area contributed by atoms with Crippen molar-refractivity contribution in [3.05, 3.63) is 87.1 Å². The number of halogens is 1. The predicted molar refractivity (Wildman–Crippen MR) is 140 cm³/mol. The Morgan fingerprint density at radius 3 is 2.72 bits per heavy atom. The number of methoxy groups -OCH3 is 1. The van der Waals surface area contributed by atoms with Crippen LogP contribution in [0.3, 0.4) is 0 Å². The zero-order valence-corrected chi connectivity index (χ0v) is 22.0. The third kappa shape index (κ3) is 6.83. The molecule has 1 unspecified atom stereocenters. The molecule has 2 amide bonds. The van der Waals surface area contributed by atoms with Crippen LogP contribution in [0.4, 0.5) is 4.39 Å². The number of rotatable bonds is 9. The number of nitrogens with zero attached hydrogens (tertiary/aromatic N) is 4. The van der Waals surface area contributed by atoms with Crippen molar-refractivity contribution in [1.82, 2.24) is 25.2 Å². The minimum atomic E-state index is -0.521. The maximum atomic E-state index is 13.6. The highest BCUT2D eigenvalue weighted by atomic mass is 19.1. The van der Waals surface area contributed by atoms with Gasteiger partial charge in [-0.3, -0.25) is 14.4 Å². The summed E-state index contributed by atoms with van der Waals surface area (Å²) >= 11 is 0. The van der Waals surface area contributed by atoms with Gasteiger partial charge >= 0.3 is 0 Å². The molecule has 1 aromatic carbocycles. The fraction of sp³-hybridized carbons (Fsp3) is 0.333. The second-order valence-electron chi connectivity index (χ2n) is 9.32. The van der Waals surface area contributed by atoms with Gasteiger partial charge in [0.2, 0.25) is 5.91 Å². The zero-order chi connectivity index (χ0) is 28.1. The van der Waals surface area contributed by atoms with Crippen LogP contribution in [0.15, 0.2) is 52.5 Å². The van der Waals surface area contributed by atoms with Gasteiger partial charge in [-0.1, -0.05) is 11.2 Å². The van der Waals surface area contributed by atoms with E-state index in [1.54, 1.807) is 25.3 Å². The lowest BCUT2D eigenvalue weighted by Gasteiger charge is -2.12. The van der Waals surface area contributed by atoms with E-state index in [2.05, 4.69) is 25.8 Å². The lowest BCUT2D eigenvalue weighted by molar-refractivity contribution is -0.122. The topological polar surface area (TPSA) is 137 Å². The molecular weight excluding hydrogens is 507 g/mol. The smallest absolute Gasteiger partial charge is 0.270 e. The first-order chi connectivity index (χ1) is 18.6. The quantitative estimate of drug-likeness (QED) is 0.429. The van der Waals surface area contributed by atoms with Crippen LogP contribution in [0.1, 0.15) is 59.5 Å². The third-order valence-electron chi connectivity index (χ3n) is 5.86. The molecular formula is C27H29FN6O5. The molecule has 0 aliphatic carbocycles. The van der Waals surface area contributed by atoms with Crippen LogP contribution in [0.25, 0.3) is 0 Å². The van der Waals surface area contributed by atoms with E-state index >= 15 is 0 Å². The highest BCUT2D eigenvalue weighted by Gasteiger charge is 2.26. The van der Waals surface area contributed by atoms with E-state index in [-0.39, 0.29) is 42.0 Å². The van der Waals surface area contributed by atoms with Crippen molar-refractivity contribution >= 4 is 17.5 Å². The van der Waals surface area contributed by atoms with Crippen molar-refractivity contribution in [1.29, 1.82) is 0 Å². The number of aromatic nitrogens is 3. The van der Waals surface area contributed by atoms with Gasteiger partial charge in [-0.15, -0.1) is 0 Å². The molecule has 204 valence electrons. The second kappa shape index (κ2) is 11.8. The van der Waals surface area contributed by atoms with E-state index in [1.165, 1.54) is 35.9 Å². The summed E-state index contributed by atoms with van der Waals surface area (Å²) < 4.78 is 19.9. The first-order valence-electron chi connectivity index (χ1n) is 12.3. The average Bonchev–Trinajstić information content (AvgIpc) is 3.39. The molecule has 12 heteroatoms. The van der Waals surface area contributed by atoms with Gasteiger partial charge in [0.05, 0.1) is 12.8 Å². The molecule has 0 bridgehead atoms. The molecule has 4 rings (SSSR count). The molecule has 0 radical (unpaired) electrons. The van der Waals surface area contributed by atoms with Crippen LogP contribution < -0.4 is 20.9 Å². The molecule has 2 aromatic heterocycles. The summed E-state index contributed by atoms with van der Waals surface area (Å²) in [6.45, 7) is 5.42. The van der Waals surface area contributed by atoms with Crippen molar-refractivity contribution < 1.29 is 23.6 Å². The van der Waals surface area contributed by atoms with Gasteiger partial charge in [-0.25, -0.2) is 14.4 Å². The number of hydrogen-bond donors (Lipinski definition) is 2. The molecule has 0 fully saturated rings. The second-order valence-corrected chi connectivity index (χ2v) is 9.32. The van der Waals surface area contributed by atoms with Crippen LogP contribution in [-0.2, 0) is 22.7 Å². The van der Waals surface area contributed by atoms with Crippen molar-refractivity contribution in [3.63, 3.8) is 0 Å². The van der Waals surface area contributed by atoms with Gasteiger partial charge in [0, 0.05) is 36.8 Å². The number of nitrogens with one attached hydrogen (secondary N) is 2. The molecule has 3 heterocycles. The van der Waals surface area contributed by atoms with Gasteiger partial charge in [0.15, 0.2) is 17.7 Å². The van der Waals surface area contributed by atoms with Crippen LogP contribution in [0.5, 0.6) is 5.75 Å². The highest BCUT2D eigenvalue weighted by molar-refractivity contribution is 6.02. The molecule has 0 saturated heterocycles. The number of benzene rings is 1. The number of ether oxygens (including phenoxy) is 1. The number of aryl methyl sites for hydroxylation is 1. The summed E-state index contributed by atoms with van der Waals surface area (Å²) in [5.41, 5.74) is 2.00. The number of hydrogen-bond acceptors (Lipinski definition) is 8. The molecule has 0 spiro atoms. The van der Waals surface area contributed by atoms with Crippen molar-refractivity contribution in [2.45, 2.75) is 52.4 Å². The summed E-state index contributed by atoms with van der Waals surface area (Å²) in [6.07, 6.45) is 1.35. The number of carbonyl (C=O) groups excluding carboxylic acids is 2. The van der Waals surface area contributed by atoms with Crippen molar-refractivity contribution in [3.8, 4) is 5.75 Å². The Balaban J connectivity index is 1.42. The Morgan fingerprint density at radius 2 is 2.00 bits per heavy atom. The Hall–Kier alpha value is -4.61. The lowest BCUT2D eigenvalue weighted by Crippen LogP contribution is -2.35. The van der Waals surface area contributed by atoms with Gasteiger partial charge in [0.1, 0.15) is 23.8 Å². The van der Waals surface area contributed by atoms with E-state index in [0.717, 1.165) is 0 Å². The molecule has 1 aliphatic heterocycles. The summed E-state index contributed by atoms with van der Waals surface area (Å²) in [5.74, 6) is -0.721. The van der Waals surface area contributed by atoms with Crippen LogP contribution in [0, 0.1) is 12.7 Å². The molecule has 1 atom stereocenters. The summed E-state index contributed by atoms with van der Waals surface area (Å²) in [5, 5.41) is 9.64. The van der Waals surface area contributed by atoms with Crippen LogP contribution in [0.2, 0.25) is 0 Å². The van der Waals surface area contributed by atoms with Crippen LogP contribution >= 0.6 is 0 Å². The van der Waals surface area contributed by atoms with E-state index < -0.39 is 17.8 Å². The number of oxime groups is 1. The fourth-order valence-electron chi connectivity index (χ4n) is 4.00. The molecule has 1 aliphatic rings. The monoisotopic (exact) mass is 536 g/mol. The summed E-state index contributed by atoms with van der Waals surface area (Å²) in [6, 6.07) is 8.96. The molecule has 3 aromatic rings. The molecule has 11 nitrogen and oxygen atoms in total.